The van der Waals surface area contributed by atoms with Crippen LogP contribution >= 0.6 is 11.6 Å². The highest BCUT2D eigenvalue weighted by atomic mass is 35.5. The molecule has 1 amide bonds. The summed E-state index contributed by atoms with van der Waals surface area (Å²) in [6.07, 6.45) is 7.97. The molecular formula is C19H18ClN5O3. The SMILES string of the molecule is O=C(CCc1nc(-n2ccnc2)ncc1Cl)NCCc1ccc2c(c1)OCO2. The molecule has 3 aromatic rings. The molecule has 0 aliphatic carbocycles. The Hall–Kier alpha value is -3.13. The molecule has 28 heavy (non-hydrogen) atoms. The lowest BCUT2D eigenvalue weighted by molar-refractivity contribution is -0.121. The van der Waals surface area contributed by atoms with Crippen LogP contribution in [0.25, 0.3) is 5.95 Å². The smallest absolute Gasteiger partial charge is 0.235 e. The number of benzene rings is 1. The van der Waals surface area contributed by atoms with E-state index in [1.165, 1.54) is 6.20 Å². The van der Waals surface area contributed by atoms with E-state index < -0.39 is 0 Å². The van der Waals surface area contributed by atoms with Crippen molar-refractivity contribution >= 4 is 17.5 Å². The van der Waals surface area contributed by atoms with Crippen LogP contribution in [0.15, 0.2) is 43.1 Å². The fourth-order valence-electron chi connectivity index (χ4n) is 2.83. The lowest BCUT2D eigenvalue weighted by atomic mass is 10.1. The Bertz CT molecular complexity index is 978. The monoisotopic (exact) mass is 399 g/mol. The highest BCUT2D eigenvalue weighted by molar-refractivity contribution is 6.31. The van der Waals surface area contributed by atoms with Crippen LogP contribution in [0.1, 0.15) is 17.7 Å². The molecule has 1 N–H and O–H groups in total. The molecule has 0 bridgehead atoms. The molecule has 0 spiro atoms. The molecule has 0 radical (unpaired) electrons. The van der Waals surface area contributed by atoms with Gasteiger partial charge < -0.3 is 14.8 Å². The molecule has 0 saturated heterocycles. The van der Waals surface area contributed by atoms with Gasteiger partial charge in [-0.3, -0.25) is 9.36 Å². The third-order valence-corrected chi connectivity index (χ3v) is 4.62. The van der Waals surface area contributed by atoms with Gasteiger partial charge in [-0.15, -0.1) is 0 Å². The summed E-state index contributed by atoms with van der Waals surface area (Å²) in [5, 5.41) is 3.36. The average Bonchev–Trinajstić information content (AvgIpc) is 3.39. The van der Waals surface area contributed by atoms with E-state index in [1.807, 2.05) is 18.2 Å². The van der Waals surface area contributed by atoms with E-state index in [4.69, 9.17) is 21.1 Å². The van der Waals surface area contributed by atoms with Gasteiger partial charge in [-0.1, -0.05) is 17.7 Å². The van der Waals surface area contributed by atoms with E-state index in [2.05, 4.69) is 20.3 Å². The van der Waals surface area contributed by atoms with Crippen molar-refractivity contribution in [3.8, 4) is 17.4 Å². The summed E-state index contributed by atoms with van der Waals surface area (Å²) in [6.45, 7) is 0.792. The molecule has 1 aliphatic rings. The second-order valence-electron chi connectivity index (χ2n) is 6.22. The second-order valence-corrected chi connectivity index (χ2v) is 6.63. The topological polar surface area (TPSA) is 91.2 Å². The molecule has 0 atom stereocenters. The predicted molar refractivity (Wildman–Crippen MR) is 102 cm³/mol. The molecule has 1 aromatic carbocycles. The van der Waals surface area contributed by atoms with Gasteiger partial charge in [-0.05, 0) is 24.1 Å². The number of hydrogen-bond donors (Lipinski definition) is 1. The summed E-state index contributed by atoms with van der Waals surface area (Å²) in [5.41, 5.74) is 1.71. The van der Waals surface area contributed by atoms with Crippen molar-refractivity contribution in [1.29, 1.82) is 0 Å². The summed E-state index contributed by atoms with van der Waals surface area (Å²) < 4.78 is 12.3. The van der Waals surface area contributed by atoms with Gasteiger partial charge in [-0.25, -0.2) is 15.0 Å². The van der Waals surface area contributed by atoms with Crippen LogP contribution < -0.4 is 14.8 Å². The summed E-state index contributed by atoms with van der Waals surface area (Å²) in [6, 6.07) is 5.79. The van der Waals surface area contributed by atoms with Crippen LogP contribution in [0.4, 0.5) is 0 Å². The van der Waals surface area contributed by atoms with Crippen LogP contribution in [0, 0.1) is 0 Å². The summed E-state index contributed by atoms with van der Waals surface area (Å²) in [4.78, 5) is 24.7. The van der Waals surface area contributed by atoms with Crippen molar-refractivity contribution in [2.24, 2.45) is 0 Å². The van der Waals surface area contributed by atoms with Gasteiger partial charge in [0.2, 0.25) is 18.6 Å². The summed E-state index contributed by atoms with van der Waals surface area (Å²) in [7, 11) is 0. The third-order valence-electron chi connectivity index (χ3n) is 4.30. The first-order valence-electron chi connectivity index (χ1n) is 8.84. The quantitative estimate of drug-likeness (QED) is 0.655. The van der Waals surface area contributed by atoms with Crippen LogP contribution in [0.3, 0.4) is 0 Å². The van der Waals surface area contributed by atoms with Gasteiger partial charge in [0, 0.05) is 31.8 Å². The van der Waals surface area contributed by atoms with Crippen LogP contribution in [-0.4, -0.2) is 38.8 Å². The molecule has 8 nitrogen and oxygen atoms in total. The number of imidazole rings is 1. The number of aromatic nitrogens is 4. The van der Waals surface area contributed by atoms with Crippen molar-refractivity contribution in [2.75, 3.05) is 13.3 Å². The highest BCUT2D eigenvalue weighted by Gasteiger charge is 2.13. The van der Waals surface area contributed by atoms with Gasteiger partial charge in [0.1, 0.15) is 6.33 Å². The number of rotatable bonds is 7. The predicted octanol–water partition coefficient (Wildman–Crippen LogP) is 2.34. The van der Waals surface area contributed by atoms with Gasteiger partial charge in [0.05, 0.1) is 16.9 Å². The first-order chi connectivity index (χ1) is 13.7. The second kappa shape index (κ2) is 8.26. The van der Waals surface area contributed by atoms with Crippen molar-refractivity contribution in [1.82, 2.24) is 24.8 Å². The molecule has 0 saturated carbocycles. The molecule has 2 aromatic heterocycles. The zero-order chi connectivity index (χ0) is 19.3. The number of ether oxygens (including phenoxy) is 2. The van der Waals surface area contributed by atoms with Gasteiger partial charge >= 0.3 is 0 Å². The Morgan fingerprint density at radius 3 is 3.00 bits per heavy atom. The first kappa shape index (κ1) is 18.2. The normalized spacial score (nSPS) is 12.2. The molecular weight excluding hydrogens is 382 g/mol. The van der Waals surface area contributed by atoms with E-state index in [1.54, 1.807) is 23.3 Å². The Labute approximate surface area is 166 Å². The van der Waals surface area contributed by atoms with Gasteiger partial charge in [0.15, 0.2) is 11.5 Å². The average molecular weight is 400 g/mol. The van der Waals surface area contributed by atoms with Gasteiger partial charge in [-0.2, -0.15) is 0 Å². The molecule has 144 valence electrons. The molecule has 0 fully saturated rings. The summed E-state index contributed by atoms with van der Waals surface area (Å²) in [5.74, 6) is 1.92. The van der Waals surface area contributed by atoms with Crippen LogP contribution in [-0.2, 0) is 17.6 Å². The molecule has 1 aliphatic heterocycles. The van der Waals surface area contributed by atoms with E-state index >= 15 is 0 Å². The maximum Gasteiger partial charge on any atom is 0.235 e. The number of carbonyl (C=O) groups is 1. The minimum atomic E-state index is -0.0559. The number of amides is 1. The Kier molecular flexibility index (Phi) is 5.38. The summed E-state index contributed by atoms with van der Waals surface area (Å²) >= 11 is 6.17. The third kappa shape index (κ3) is 4.23. The maximum atomic E-state index is 12.2. The van der Waals surface area contributed by atoms with Crippen molar-refractivity contribution in [3.05, 3.63) is 59.4 Å². The fourth-order valence-corrected chi connectivity index (χ4v) is 3.02. The minimum Gasteiger partial charge on any atom is -0.454 e. The van der Waals surface area contributed by atoms with Crippen LogP contribution in [0.5, 0.6) is 11.5 Å². The first-order valence-corrected chi connectivity index (χ1v) is 9.22. The Balaban J connectivity index is 1.27. The van der Waals surface area contributed by atoms with Gasteiger partial charge in [0.25, 0.3) is 0 Å². The van der Waals surface area contributed by atoms with E-state index in [0.717, 1.165) is 17.1 Å². The fraction of sp³-hybridized carbons (Fsp3) is 0.263. The van der Waals surface area contributed by atoms with Crippen molar-refractivity contribution in [3.63, 3.8) is 0 Å². The minimum absolute atomic E-state index is 0.0559. The molecule has 3 heterocycles. The number of nitrogens with zero attached hydrogens (tertiary/aromatic N) is 4. The Morgan fingerprint density at radius 1 is 1.25 bits per heavy atom. The zero-order valence-electron chi connectivity index (χ0n) is 15.0. The lowest BCUT2D eigenvalue weighted by Gasteiger charge is -2.08. The maximum absolute atomic E-state index is 12.2. The van der Waals surface area contributed by atoms with E-state index in [0.29, 0.717) is 42.5 Å². The highest BCUT2D eigenvalue weighted by Crippen LogP contribution is 2.32. The Morgan fingerprint density at radius 2 is 2.14 bits per heavy atom. The number of carbonyl (C=O) groups excluding carboxylic acids is 1. The number of halogens is 1. The number of nitrogens with one attached hydrogen (secondary N) is 1. The number of hydrogen-bond acceptors (Lipinski definition) is 6. The molecule has 0 unspecified atom stereocenters. The van der Waals surface area contributed by atoms with Crippen molar-refractivity contribution < 1.29 is 14.3 Å². The zero-order valence-corrected chi connectivity index (χ0v) is 15.7. The molecule has 4 rings (SSSR count). The number of fused-ring (bicyclic) bond motifs is 1. The van der Waals surface area contributed by atoms with E-state index in [-0.39, 0.29) is 12.7 Å². The van der Waals surface area contributed by atoms with Crippen LogP contribution in [0.2, 0.25) is 5.02 Å². The molecule has 9 heteroatoms. The lowest BCUT2D eigenvalue weighted by Crippen LogP contribution is -2.26. The largest absolute Gasteiger partial charge is 0.454 e. The van der Waals surface area contributed by atoms with Crippen molar-refractivity contribution in [2.45, 2.75) is 19.3 Å². The van der Waals surface area contributed by atoms with E-state index in [9.17, 15) is 4.79 Å². The number of aryl methyl sites for hydroxylation is 1. The standard InChI is InChI=1S/C19H18ClN5O3/c20-14-10-23-19(25-8-7-21-11-25)24-15(14)2-4-18(26)22-6-5-13-1-3-16-17(9-13)28-12-27-16/h1,3,7-11H,2,4-6,12H2,(H,22,26).